The summed E-state index contributed by atoms with van der Waals surface area (Å²) in [6.45, 7) is 7.18. The normalized spacial score (nSPS) is 18.1. The number of aliphatic hydroxyl groups is 1. The number of piperazine rings is 1. The van der Waals surface area contributed by atoms with Gasteiger partial charge in [-0.25, -0.2) is 4.98 Å². The van der Waals surface area contributed by atoms with Crippen molar-refractivity contribution in [2.45, 2.75) is 26.3 Å². The smallest absolute Gasteiger partial charge is 0.272 e. The van der Waals surface area contributed by atoms with Crippen molar-refractivity contribution in [1.82, 2.24) is 14.8 Å². The number of aliphatic hydroxyl groups excluding tert-OH is 1. The van der Waals surface area contributed by atoms with Crippen LogP contribution in [0.3, 0.4) is 0 Å². The van der Waals surface area contributed by atoms with Gasteiger partial charge in [0.15, 0.2) is 0 Å². The first-order valence-electron chi connectivity index (χ1n) is 7.23. The van der Waals surface area contributed by atoms with E-state index < -0.39 is 0 Å². The minimum absolute atomic E-state index is 0.00500. The van der Waals surface area contributed by atoms with E-state index in [0.29, 0.717) is 18.8 Å². The maximum atomic E-state index is 12.4. The molecule has 1 atom stereocenters. The second-order valence-electron chi connectivity index (χ2n) is 5.24. The molecule has 0 spiro atoms. The molecule has 2 rings (SSSR count). The van der Waals surface area contributed by atoms with E-state index in [1.807, 2.05) is 24.0 Å². The number of hydrogen-bond donors (Lipinski definition) is 1. The Morgan fingerprint density at radius 2 is 2.05 bits per heavy atom. The molecule has 5 heteroatoms. The van der Waals surface area contributed by atoms with Gasteiger partial charge in [-0.15, -0.1) is 0 Å². The summed E-state index contributed by atoms with van der Waals surface area (Å²) in [4.78, 5) is 20.8. The number of hydrogen-bond acceptors (Lipinski definition) is 4. The highest BCUT2D eigenvalue weighted by Crippen LogP contribution is 2.11. The van der Waals surface area contributed by atoms with Crippen molar-refractivity contribution in [3.63, 3.8) is 0 Å². The average Bonchev–Trinajstić information content (AvgIpc) is 2.48. The molecular formula is C15H23N3O2. The van der Waals surface area contributed by atoms with Crippen LogP contribution in [0.4, 0.5) is 0 Å². The molecule has 1 aliphatic rings. The molecule has 20 heavy (non-hydrogen) atoms. The molecule has 1 aliphatic heterocycles. The van der Waals surface area contributed by atoms with Gasteiger partial charge >= 0.3 is 0 Å². The standard InChI is InChI=1S/C15H23N3O2/c1-3-13(11-19)17-7-9-18(10-8-17)15(20)14-6-4-5-12(2)16-14/h4-6,13,19H,3,7-11H2,1-2H3. The molecule has 1 fully saturated rings. The quantitative estimate of drug-likeness (QED) is 0.889. The summed E-state index contributed by atoms with van der Waals surface area (Å²) in [5, 5.41) is 9.33. The van der Waals surface area contributed by atoms with Crippen molar-refractivity contribution in [3.05, 3.63) is 29.6 Å². The van der Waals surface area contributed by atoms with Gasteiger partial charge < -0.3 is 10.0 Å². The molecule has 1 N–H and O–H groups in total. The van der Waals surface area contributed by atoms with E-state index in [1.165, 1.54) is 0 Å². The summed E-state index contributed by atoms with van der Waals surface area (Å²) in [6.07, 6.45) is 0.934. The second-order valence-corrected chi connectivity index (χ2v) is 5.24. The first-order valence-corrected chi connectivity index (χ1v) is 7.23. The summed E-state index contributed by atoms with van der Waals surface area (Å²) in [5.74, 6) is 0.00500. The molecule has 0 aromatic carbocycles. The van der Waals surface area contributed by atoms with Crippen molar-refractivity contribution >= 4 is 5.91 Å². The topological polar surface area (TPSA) is 56.7 Å². The molecule has 110 valence electrons. The minimum atomic E-state index is 0.00500. The van der Waals surface area contributed by atoms with Gasteiger partial charge in [-0.3, -0.25) is 9.69 Å². The molecule has 1 aromatic rings. The largest absolute Gasteiger partial charge is 0.395 e. The zero-order chi connectivity index (χ0) is 14.5. The van der Waals surface area contributed by atoms with E-state index in [1.54, 1.807) is 6.07 Å². The number of carbonyl (C=O) groups excluding carboxylic acids is 1. The number of rotatable bonds is 4. The van der Waals surface area contributed by atoms with Crippen LogP contribution in [-0.2, 0) is 0 Å². The Kier molecular flexibility index (Phi) is 5.09. The van der Waals surface area contributed by atoms with E-state index in [2.05, 4.69) is 16.8 Å². The number of carbonyl (C=O) groups is 1. The number of amides is 1. The number of aryl methyl sites for hydroxylation is 1. The Morgan fingerprint density at radius 3 is 2.60 bits per heavy atom. The maximum absolute atomic E-state index is 12.4. The Morgan fingerprint density at radius 1 is 1.35 bits per heavy atom. The van der Waals surface area contributed by atoms with Crippen LogP contribution in [0, 0.1) is 6.92 Å². The molecule has 0 aliphatic carbocycles. The zero-order valence-electron chi connectivity index (χ0n) is 12.2. The molecule has 1 unspecified atom stereocenters. The summed E-state index contributed by atoms with van der Waals surface area (Å²) in [5.41, 5.74) is 1.38. The van der Waals surface area contributed by atoms with E-state index in [4.69, 9.17) is 0 Å². The molecule has 0 bridgehead atoms. The number of nitrogens with zero attached hydrogens (tertiary/aromatic N) is 3. The van der Waals surface area contributed by atoms with Gasteiger partial charge in [0.1, 0.15) is 5.69 Å². The fourth-order valence-corrected chi connectivity index (χ4v) is 2.62. The third kappa shape index (κ3) is 3.35. The Labute approximate surface area is 120 Å². The SMILES string of the molecule is CCC(CO)N1CCN(C(=O)c2cccc(C)n2)CC1. The summed E-state index contributed by atoms with van der Waals surface area (Å²) >= 11 is 0. The Hall–Kier alpha value is -1.46. The Balaban J connectivity index is 1.95. The Bertz CT molecular complexity index is 452. The first-order chi connectivity index (χ1) is 9.65. The lowest BCUT2D eigenvalue weighted by Crippen LogP contribution is -2.52. The van der Waals surface area contributed by atoms with Crippen molar-refractivity contribution in [1.29, 1.82) is 0 Å². The van der Waals surface area contributed by atoms with E-state index >= 15 is 0 Å². The fourth-order valence-electron chi connectivity index (χ4n) is 2.62. The molecular weight excluding hydrogens is 254 g/mol. The van der Waals surface area contributed by atoms with Gasteiger partial charge in [-0.2, -0.15) is 0 Å². The highest BCUT2D eigenvalue weighted by Gasteiger charge is 2.25. The monoisotopic (exact) mass is 277 g/mol. The van der Waals surface area contributed by atoms with Gasteiger partial charge in [0.2, 0.25) is 0 Å². The second kappa shape index (κ2) is 6.81. The van der Waals surface area contributed by atoms with Gasteiger partial charge in [-0.1, -0.05) is 13.0 Å². The van der Waals surface area contributed by atoms with Crippen molar-refractivity contribution in [2.75, 3.05) is 32.8 Å². The summed E-state index contributed by atoms with van der Waals surface area (Å²) in [7, 11) is 0. The lowest BCUT2D eigenvalue weighted by molar-refractivity contribution is 0.0468. The van der Waals surface area contributed by atoms with Crippen LogP contribution in [0.15, 0.2) is 18.2 Å². The van der Waals surface area contributed by atoms with Crippen LogP contribution in [0.2, 0.25) is 0 Å². The molecule has 5 nitrogen and oxygen atoms in total. The molecule has 0 saturated carbocycles. The third-order valence-corrected chi connectivity index (χ3v) is 3.91. The highest BCUT2D eigenvalue weighted by molar-refractivity contribution is 5.92. The van der Waals surface area contributed by atoms with Gasteiger partial charge in [0, 0.05) is 37.9 Å². The molecule has 1 amide bonds. The van der Waals surface area contributed by atoms with Gasteiger partial charge in [0.25, 0.3) is 5.91 Å². The minimum Gasteiger partial charge on any atom is -0.395 e. The molecule has 2 heterocycles. The molecule has 1 aromatic heterocycles. The van der Waals surface area contributed by atoms with Gasteiger partial charge in [-0.05, 0) is 25.5 Å². The number of pyridine rings is 1. The van der Waals surface area contributed by atoms with Crippen LogP contribution < -0.4 is 0 Å². The summed E-state index contributed by atoms with van der Waals surface area (Å²) < 4.78 is 0. The van der Waals surface area contributed by atoms with Crippen molar-refractivity contribution in [3.8, 4) is 0 Å². The number of aromatic nitrogens is 1. The lowest BCUT2D eigenvalue weighted by atomic mass is 10.1. The van der Waals surface area contributed by atoms with Crippen LogP contribution in [0.25, 0.3) is 0 Å². The average molecular weight is 277 g/mol. The van der Waals surface area contributed by atoms with Crippen LogP contribution in [-0.4, -0.2) is 64.6 Å². The van der Waals surface area contributed by atoms with E-state index in [0.717, 1.165) is 25.2 Å². The fraction of sp³-hybridized carbons (Fsp3) is 0.600. The first kappa shape index (κ1) is 14.9. The van der Waals surface area contributed by atoms with E-state index in [9.17, 15) is 9.90 Å². The highest BCUT2D eigenvalue weighted by atomic mass is 16.3. The van der Waals surface area contributed by atoms with Crippen LogP contribution in [0.5, 0.6) is 0 Å². The zero-order valence-corrected chi connectivity index (χ0v) is 12.2. The van der Waals surface area contributed by atoms with Gasteiger partial charge in [0.05, 0.1) is 6.61 Å². The molecule has 1 saturated heterocycles. The maximum Gasteiger partial charge on any atom is 0.272 e. The summed E-state index contributed by atoms with van der Waals surface area (Å²) in [6, 6.07) is 5.74. The van der Waals surface area contributed by atoms with Crippen molar-refractivity contribution < 1.29 is 9.90 Å². The van der Waals surface area contributed by atoms with Crippen LogP contribution >= 0.6 is 0 Å². The van der Waals surface area contributed by atoms with Crippen molar-refractivity contribution in [2.24, 2.45) is 0 Å². The van der Waals surface area contributed by atoms with Crippen LogP contribution in [0.1, 0.15) is 29.5 Å². The molecule has 0 radical (unpaired) electrons. The predicted molar refractivity (Wildman–Crippen MR) is 77.6 cm³/mol. The lowest BCUT2D eigenvalue weighted by Gasteiger charge is -2.38. The third-order valence-electron chi connectivity index (χ3n) is 3.91. The van der Waals surface area contributed by atoms with E-state index in [-0.39, 0.29) is 18.6 Å². The predicted octanol–water partition coefficient (Wildman–Crippen LogP) is 0.919.